The summed E-state index contributed by atoms with van der Waals surface area (Å²) in [6.45, 7) is 0. The third kappa shape index (κ3) is 3.88. The van der Waals surface area contributed by atoms with E-state index in [1.54, 1.807) is 7.11 Å². The van der Waals surface area contributed by atoms with E-state index in [4.69, 9.17) is 10.5 Å². The lowest BCUT2D eigenvalue weighted by molar-refractivity contribution is 0.186. The van der Waals surface area contributed by atoms with E-state index in [1.165, 1.54) is 74.5 Å². The Balaban J connectivity index is 1.57. The van der Waals surface area contributed by atoms with Crippen LogP contribution in [0.4, 0.5) is 5.69 Å². The van der Waals surface area contributed by atoms with Crippen LogP contribution in [-0.4, -0.2) is 11.7 Å². The van der Waals surface area contributed by atoms with Gasteiger partial charge in [0, 0.05) is 19.4 Å². The van der Waals surface area contributed by atoms with Gasteiger partial charge in [-0.3, -0.25) is 0 Å². The van der Waals surface area contributed by atoms with Gasteiger partial charge in [-0.05, 0) is 78.3 Å². The summed E-state index contributed by atoms with van der Waals surface area (Å²) in [4.78, 5) is 0. The second-order valence-corrected chi connectivity index (χ2v) is 8.76. The smallest absolute Gasteiger partial charge is 0.142 e. The minimum atomic E-state index is 0.620. The van der Waals surface area contributed by atoms with Crippen LogP contribution >= 0.6 is 0 Å². The molecule has 2 aliphatic rings. The molecule has 2 saturated carbocycles. The number of methoxy groups -OCH3 is 1. The highest BCUT2D eigenvalue weighted by Gasteiger charge is 2.30. The molecule has 0 saturated heterocycles. The van der Waals surface area contributed by atoms with Crippen molar-refractivity contribution in [2.24, 2.45) is 18.9 Å². The highest BCUT2D eigenvalue weighted by molar-refractivity contribution is 5.74. The number of hydrogen-bond acceptors (Lipinski definition) is 2. The lowest BCUT2D eigenvalue weighted by Crippen LogP contribution is -2.23. The zero-order valence-electron chi connectivity index (χ0n) is 16.9. The largest absolute Gasteiger partial charge is 0.495 e. The molecule has 0 atom stereocenters. The Kier molecular flexibility index (Phi) is 5.47. The normalized spacial score (nSPS) is 24.1. The molecule has 4 rings (SSSR count). The summed E-state index contributed by atoms with van der Waals surface area (Å²) in [5.74, 6) is 3.39. The van der Waals surface area contributed by atoms with E-state index in [-0.39, 0.29) is 0 Å². The number of benzene rings is 1. The first kappa shape index (κ1) is 18.5. The molecule has 2 N–H and O–H groups in total. The fourth-order valence-corrected chi connectivity index (χ4v) is 5.55. The number of aromatic nitrogens is 1. The Morgan fingerprint density at radius 3 is 2.30 bits per heavy atom. The first-order valence-corrected chi connectivity index (χ1v) is 10.8. The average molecular weight is 367 g/mol. The monoisotopic (exact) mass is 366 g/mol. The van der Waals surface area contributed by atoms with Gasteiger partial charge in [0.1, 0.15) is 5.75 Å². The molecule has 0 aliphatic heterocycles. The first-order valence-electron chi connectivity index (χ1n) is 10.8. The van der Waals surface area contributed by atoms with Gasteiger partial charge >= 0.3 is 0 Å². The summed E-state index contributed by atoms with van der Waals surface area (Å²) >= 11 is 0. The topological polar surface area (TPSA) is 40.2 Å². The Morgan fingerprint density at radius 2 is 1.67 bits per heavy atom. The van der Waals surface area contributed by atoms with Gasteiger partial charge in [0.15, 0.2) is 0 Å². The summed E-state index contributed by atoms with van der Waals surface area (Å²) in [5, 5.41) is 0. The van der Waals surface area contributed by atoms with Crippen LogP contribution in [0.15, 0.2) is 30.6 Å². The molecule has 1 aromatic carbocycles. The number of anilines is 1. The predicted molar refractivity (Wildman–Crippen MR) is 113 cm³/mol. The van der Waals surface area contributed by atoms with Crippen molar-refractivity contribution in [1.29, 1.82) is 0 Å². The fraction of sp³-hybridized carbons (Fsp3) is 0.583. The highest BCUT2D eigenvalue weighted by Crippen LogP contribution is 2.46. The Morgan fingerprint density at radius 1 is 0.963 bits per heavy atom. The molecule has 3 nitrogen and oxygen atoms in total. The van der Waals surface area contributed by atoms with Crippen LogP contribution in [0, 0.1) is 11.8 Å². The van der Waals surface area contributed by atoms with Crippen molar-refractivity contribution in [2.45, 2.75) is 63.7 Å². The number of ether oxygens (including phenoxy) is 1. The van der Waals surface area contributed by atoms with Crippen LogP contribution in [0.25, 0.3) is 11.1 Å². The van der Waals surface area contributed by atoms with E-state index >= 15 is 0 Å². The number of nitrogens with two attached hydrogens (primary N) is 1. The van der Waals surface area contributed by atoms with Crippen LogP contribution in [0.3, 0.4) is 0 Å². The van der Waals surface area contributed by atoms with E-state index < -0.39 is 0 Å². The molecule has 1 aromatic heterocycles. The summed E-state index contributed by atoms with van der Waals surface area (Å²) in [6, 6.07) is 6.53. The zero-order chi connectivity index (χ0) is 18.8. The number of aryl methyl sites for hydroxylation is 1. The van der Waals surface area contributed by atoms with E-state index in [1.807, 2.05) is 0 Å². The van der Waals surface area contributed by atoms with Crippen molar-refractivity contribution in [3.8, 4) is 16.9 Å². The minimum Gasteiger partial charge on any atom is -0.495 e. The van der Waals surface area contributed by atoms with Crippen LogP contribution < -0.4 is 10.5 Å². The van der Waals surface area contributed by atoms with Crippen LogP contribution in [0.1, 0.15) is 69.3 Å². The fourth-order valence-electron chi connectivity index (χ4n) is 5.55. The minimum absolute atomic E-state index is 0.620. The molecular weight excluding hydrogens is 332 g/mol. The second-order valence-electron chi connectivity index (χ2n) is 8.76. The van der Waals surface area contributed by atoms with Gasteiger partial charge in [0.25, 0.3) is 0 Å². The number of hydrogen-bond donors (Lipinski definition) is 1. The SMILES string of the molecule is COc1cc(C2CCC(C3CCCCC3)CC2)c(-c2ccn(C)c2)cc1N. The van der Waals surface area contributed by atoms with Crippen LogP contribution in [0.2, 0.25) is 0 Å². The van der Waals surface area contributed by atoms with Crippen molar-refractivity contribution in [3.05, 3.63) is 36.2 Å². The lowest BCUT2D eigenvalue weighted by Gasteiger charge is -2.36. The molecule has 1 heterocycles. The molecule has 0 unspecified atom stereocenters. The van der Waals surface area contributed by atoms with E-state index in [0.29, 0.717) is 5.92 Å². The average Bonchev–Trinajstić information content (AvgIpc) is 3.15. The quantitative estimate of drug-likeness (QED) is 0.660. The maximum atomic E-state index is 6.26. The van der Waals surface area contributed by atoms with Crippen molar-refractivity contribution in [3.63, 3.8) is 0 Å². The molecule has 2 aliphatic carbocycles. The van der Waals surface area contributed by atoms with Crippen molar-refractivity contribution >= 4 is 5.69 Å². The molecule has 3 heteroatoms. The molecule has 0 bridgehead atoms. The maximum Gasteiger partial charge on any atom is 0.142 e. The highest BCUT2D eigenvalue weighted by atomic mass is 16.5. The molecule has 146 valence electrons. The summed E-state index contributed by atoms with van der Waals surface area (Å²) in [6.07, 6.45) is 17.0. The molecule has 0 amide bonds. The van der Waals surface area contributed by atoms with E-state index in [9.17, 15) is 0 Å². The standard InChI is InChI=1S/C24H34N2O/c1-26-13-12-20(16-26)21-14-23(25)24(27-2)15-22(21)19-10-8-18(9-11-19)17-6-4-3-5-7-17/h12-19H,3-11,25H2,1-2H3. The first-order chi connectivity index (χ1) is 13.2. The van der Waals surface area contributed by atoms with Crippen LogP contribution in [-0.2, 0) is 7.05 Å². The summed E-state index contributed by atoms with van der Waals surface area (Å²) in [5.41, 5.74) is 11.0. The van der Waals surface area contributed by atoms with Gasteiger partial charge in [-0.2, -0.15) is 0 Å². The maximum absolute atomic E-state index is 6.26. The van der Waals surface area contributed by atoms with Gasteiger partial charge in [-0.25, -0.2) is 0 Å². The Labute approximate surface area is 163 Å². The lowest BCUT2D eigenvalue weighted by atomic mass is 9.69. The van der Waals surface area contributed by atoms with Crippen molar-refractivity contribution in [2.75, 3.05) is 12.8 Å². The molecule has 27 heavy (non-hydrogen) atoms. The van der Waals surface area contributed by atoms with Crippen molar-refractivity contribution < 1.29 is 4.74 Å². The van der Waals surface area contributed by atoms with Gasteiger partial charge in [0.2, 0.25) is 0 Å². The number of rotatable bonds is 4. The summed E-state index contributed by atoms with van der Waals surface area (Å²) < 4.78 is 7.67. The second kappa shape index (κ2) is 8.00. The van der Waals surface area contributed by atoms with Gasteiger partial charge in [-0.15, -0.1) is 0 Å². The van der Waals surface area contributed by atoms with E-state index in [2.05, 4.69) is 42.2 Å². The summed E-state index contributed by atoms with van der Waals surface area (Å²) in [7, 11) is 3.79. The Hall–Kier alpha value is -1.90. The molecule has 0 radical (unpaired) electrons. The van der Waals surface area contributed by atoms with Crippen molar-refractivity contribution in [1.82, 2.24) is 4.57 Å². The molecular formula is C24H34N2O. The third-order valence-corrected chi connectivity index (χ3v) is 7.07. The molecule has 2 aromatic rings. The Bertz CT molecular complexity index is 765. The van der Waals surface area contributed by atoms with E-state index in [0.717, 1.165) is 23.3 Å². The zero-order valence-corrected chi connectivity index (χ0v) is 16.9. The molecule has 0 spiro atoms. The number of nitrogens with zero attached hydrogens (tertiary/aromatic N) is 1. The molecule has 2 fully saturated rings. The predicted octanol–water partition coefficient (Wildman–Crippen LogP) is 6.14. The van der Waals surface area contributed by atoms with Crippen LogP contribution in [0.5, 0.6) is 5.75 Å². The number of nitrogen functional groups attached to an aromatic ring is 1. The van der Waals surface area contributed by atoms with Gasteiger partial charge in [-0.1, -0.05) is 32.1 Å². The van der Waals surface area contributed by atoms with Gasteiger partial charge in [0.05, 0.1) is 12.8 Å². The van der Waals surface area contributed by atoms with Gasteiger partial charge < -0.3 is 15.0 Å². The third-order valence-electron chi connectivity index (χ3n) is 7.07.